The standard InChI is InChI=1S/C24H26N2O2/c1-17-11-13-18(14-12-17)20-24(22(28)26(20)19-9-5-3-6-10-19)21(27)25(2)23(24)15-7-4-8-16-23/h3,5-6,9-14,20H,4,7-8,15-16H2,1-2H3/t20-,24+/m0/s1. The fraction of sp³-hybridized carbons (Fsp3) is 0.417. The number of para-hydroxylation sites is 1. The second-order valence-electron chi connectivity index (χ2n) is 8.59. The van der Waals surface area contributed by atoms with E-state index in [2.05, 4.69) is 31.2 Å². The second-order valence-corrected chi connectivity index (χ2v) is 8.59. The predicted octanol–water partition coefficient (Wildman–Crippen LogP) is 4.24. The van der Waals surface area contributed by atoms with E-state index in [4.69, 9.17) is 0 Å². The minimum atomic E-state index is -0.937. The van der Waals surface area contributed by atoms with E-state index in [-0.39, 0.29) is 23.4 Å². The van der Waals surface area contributed by atoms with Crippen LogP contribution in [0.15, 0.2) is 54.6 Å². The van der Waals surface area contributed by atoms with Crippen molar-refractivity contribution < 1.29 is 9.59 Å². The van der Waals surface area contributed by atoms with E-state index in [1.165, 1.54) is 12.0 Å². The summed E-state index contributed by atoms with van der Waals surface area (Å²) < 4.78 is 0. The molecule has 2 atom stereocenters. The molecule has 3 fully saturated rings. The van der Waals surface area contributed by atoms with Gasteiger partial charge in [-0.25, -0.2) is 0 Å². The molecule has 2 aliphatic heterocycles. The number of likely N-dealkylation sites (tertiary alicyclic amines) is 1. The zero-order chi connectivity index (χ0) is 19.5. The third-order valence-electron chi connectivity index (χ3n) is 7.35. The van der Waals surface area contributed by atoms with E-state index in [9.17, 15) is 9.59 Å². The molecule has 1 saturated carbocycles. The maximum atomic E-state index is 13.7. The van der Waals surface area contributed by atoms with Crippen molar-refractivity contribution in [1.82, 2.24) is 4.90 Å². The summed E-state index contributed by atoms with van der Waals surface area (Å²) in [5, 5.41) is 0. The van der Waals surface area contributed by atoms with Gasteiger partial charge in [-0.3, -0.25) is 9.59 Å². The van der Waals surface area contributed by atoms with Crippen molar-refractivity contribution >= 4 is 17.5 Å². The van der Waals surface area contributed by atoms with Crippen LogP contribution in [0.25, 0.3) is 0 Å². The minimum absolute atomic E-state index is 0.00263. The Balaban J connectivity index is 1.67. The maximum Gasteiger partial charge on any atom is 0.248 e. The number of rotatable bonds is 2. The first kappa shape index (κ1) is 17.5. The van der Waals surface area contributed by atoms with E-state index in [0.717, 1.165) is 36.9 Å². The molecular formula is C24H26N2O2. The SMILES string of the molecule is Cc1ccc([C@@H]2N(c3ccccc3)C(=O)[C@]23C(=O)N(C)C32CCCCC2)cc1. The number of anilines is 1. The molecule has 2 spiro atoms. The molecule has 144 valence electrons. The van der Waals surface area contributed by atoms with Crippen molar-refractivity contribution in [2.24, 2.45) is 5.41 Å². The molecule has 0 unspecified atom stereocenters. The molecule has 0 bridgehead atoms. The van der Waals surface area contributed by atoms with E-state index in [0.29, 0.717) is 0 Å². The lowest BCUT2D eigenvalue weighted by molar-refractivity contribution is -0.213. The number of fused-ring (bicyclic) bond motifs is 1. The second kappa shape index (κ2) is 5.94. The zero-order valence-electron chi connectivity index (χ0n) is 16.5. The summed E-state index contributed by atoms with van der Waals surface area (Å²) in [5.41, 5.74) is 1.84. The molecule has 4 nitrogen and oxygen atoms in total. The molecule has 5 rings (SSSR count). The first-order valence-corrected chi connectivity index (χ1v) is 10.3. The van der Waals surface area contributed by atoms with Crippen molar-refractivity contribution in [2.45, 2.75) is 50.6 Å². The highest BCUT2D eigenvalue weighted by atomic mass is 16.2. The van der Waals surface area contributed by atoms with Crippen molar-refractivity contribution in [1.29, 1.82) is 0 Å². The van der Waals surface area contributed by atoms with Crippen LogP contribution >= 0.6 is 0 Å². The van der Waals surface area contributed by atoms with Gasteiger partial charge in [0.1, 0.15) is 0 Å². The maximum absolute atomic E-state index is 13.7. The summed E-state index contributed by atoms with van der Waals surface area (Å²) in [5.74, 6) is -0.0218. The fourth-order valence-corrected chi connectivity index (χ4v) is 5.95. The summed E-state index contributed by atoms with van der Waals surface area (Å²) in [4.78, 5) is 30.8. The van der Waals surface area contributed by atoms with Crippen LogP contribution in [0, 0.1) is 12.3 Å². The van der Waals surface area contributed by atoms with Crippen LogP contribution in [0.5, 0.6) is 0 Å². The molecule has 0 N–H and O–H groups in total. The summed E-state index contributed by atoms with van der Waals surface area (Å²) in [6.07, 6.45) is 5.20. The Morgan fingerprint density at radius 1 is 0.857 bits per heavy atom. The van der Waals surface area contributed by atoms with Gasteiger partial charge in [0.05, 0.1) is 11.6 Å². The van der Waals surface area contributed by atoms with E-state index < -0.39 is 5.41 Å². The molecule has 0 aromatic heterocycles. The molecule has 0 radical (unpaired) electrons. The number of nitrogens with zero attached hydrogens (tertiary/aromatic N) is 2. The Morgan fingerprint density at radius 2 is 1.50 bits per heavy atom. The quantitative estimate of drug-likeness (QED) is 0.583. The van der Waals surface area contributed by atoms with Gasteiger partial charge >= 0.3 is 0 Å². The predicted molar refractivity (Wildman–Crippen MR) is 109 cm³/mol. The molecule has 2 heterocycles. The Bertz CT molecular complexity index is 931. The molecule has 2 aromatic carbocycles. The van der Waals surface area contributed by atoms with Crippen LogP contribution in [0.3, 0.4) is 0 Å². The van der Waals surface area contributed by atoms with Gasteiger partial charge in [0.25, 0.3) is 0 Å². The fourth-order valence-electron chi connectivity index (χ4n) is 5.95. The van der Waals surface area contributed by atoms with E-state index in [1.54, 1.807) is 0 Å². The Morgan fingerprint density at radius 3 is 2.14 bits per heavy atom. The average Bonchev–Trinajstić information content (AvgIpc) is 2.74. The lowest BCUT2D eigenvalue weighted by atomic mass is 9.46. The molecule has 2 amide bonds. The van der Waals surface area contributed by atoms with E-state index in [1.807, 2.05) is 47.2 Å². The molecular weight excluding hydrogens is 348 g/mol. The van der Waals surface area contributed by atoms with Gasteiger partial charge in [-0.2, -0.15) is 0 Å². The Hall–Kier alpha value is -2.62. The number of benzene rings is 2. The third kappa shape index (κ3) is 1.91. The summed E-state index contributed by atoms with van der Waals surface area (Å²) in [6.45, 7) is 2.06. The third-order valence-corrected chi connectivity index (χ3v) is 7.35. The number of aryl methyl sites for hydroxylation is 1. The van der Waals surface area contributed by atoms with Gasteiger partial charge in [0.2, 0.25) is 11.8 Å². The van der Waals surface area contributed by atoms with Crippen molar-refractivity contribution in [2.75, 3.05) is 11.9 Å². The normalized spacial score (nSPS) is 28.4. The summed E-state index contributed by atoms with van der Waals surface area (Å²) >= 11 is 0. The number of carbonyl (C=O) groups is 2. The Labute approximate surface area is 166 Å². The zero-order valence-corrected chi connectivity index (χ0v) is 16.5. The molecule has 3 aliphatic rings. The number of carbonyl (C=O) groups excluding carboxylic acids is 2. The smallest absolute Gasteiger partial charge is 0.248 e. The lowest BCUT2D eigenvalue weighted by Crippen LogP contribution is -2.89. The van der Waals surface area contributed by atoms with Gasteiger partial charge < -0.3 is 9.80 Å². The van der Waals surface area contributed by atoms with Crippen LogP contribution in [-0.4, -0.2) is 29.3 Å². The van der Waals surface area contributed by atoms with E-state index >= 15 is 0 Å². The number of hydrogen-bond donors (Lipinski definition) is 0. The minimum Gasteiger partial charge on any atom is -0.337 e. The molecule has 28 heavy (non-hydrogen) atoms. The lowest BCUT2D eigenvalue weighted by Gasteiger charge is -2.73. The van der Waals surface area contributed by atoms with Gasteiger partial charge in [0.15, 0.2) is 5.41 Å². The highest BCUT2D eigenvalue weighted by Gasteiger charge is 2.83. The molecule has 2 saturated heterocycles. The molecule has 4 heteroatoms. The van der Waals surface area contributed by atoms with Crippen LogP contribution < -0.4 is 4.90 Å². The van der Waals surface area contributed by atoms with Crippen molar-refractivity contribution in [3.8, 4) is 0 Å². The van der Waals surface area contributed by atoms with Crippen LogP contribution in [0.2, 0.25) is 0 Å². The summed E-state index contributed by atoms with van der Waals surface area (Å²) in [7, 11) is 1.89. The summed E-state index contributed by atoms with van der Waals surface area (Å²) in [6, 6.07) is 17.9. The van der Waals surface area contributed by atoms with Gasteiger partial charge in [-0.15, -0.1) is 0 Å². The van der Waals surface area contributed by atoms with Crippen molar-refractivity contribution in [3.05, 3.63) is 65.7 Å². The highest BCUT2D eigenvalue weighted by Crippen LogP contribution is 2.68. The van der Waals surface area contributed by atoms with Gasteiger partial charge in [0, 0.05) is 12.7 Å². The largest absolute Gasteiger partial charge is 0.337 e. The van der Waals surface area contributed by atoms with Gasteiger partial charge in [-0.1, -0.05) is 67.3 Å². The first-order chi connectivity index (χ1) is 13.5. The highest BCUT2D eigenvalue weighted by molar-refractivity contribution is 6.24. The first-order valence-electron chi connectivity index (χ1n) is 10.3. The number of amides is 2. The molecule has 2 aromatic rings. The number of hydrogen-bond acceptors (Lipinski definition) is 2. The van der Waals surface area contributed by atoms with Crippen LogP contribution in [0.1, 0.15) is 49.3 Å². The Kier molecular flexibility index (Phi) is 3.71. The van der Waals surface area contributed by atoms with Gasteiger partial charge in [-0.05, 0) is 37.5 Å². The molecule has 1 aliphatic carbocycles. The number of β-lactam (4-membered cyclic amide) rings is 2. The van der Waals surface area contributed by atoms with Crippen LogP contribution in [-0.2, 0) is 9.59 Å². The van der Waals surface area contributed by atoms with Crippen LogP contribution in [0.4, 0.5) is 5.69 Å². The van der Waals surface area contributed by atoms with Crippen molar-refractivity contribution in [3.63, 3.8) is 0 Å². The average molecular weight is 374 g/mol. The monoisotopic (exact) mass is 374 g/mol. The topological polar surface area (TPSA) is 40.6 Å².